The van der Waals surface area contributed by atoms with Crippen LogP contribution in [0.15, 0.2) is 158 Å². The Kier molecular flexibility index (Phi) is 5.51. The molecule has 220 valence electrons. The van der Waals surface area contributed by atoms with Gasteiger partial charge in [-0.05, 0) is 69.9 Å². The quantitative estimate of drug-likeness (QED) is 0.188. The Hall–Kier alpha value is -6.46. The maximum absolute atomic E-state index is 6.60. The van der Waals surface area contributed by atoms with E-state index in [-0.39, 0.29) is 0 Å². The topological polar surface area (TPSA) is 43.8 Å². The first-order chi connectivity index (χ1) is 23.3. The second-order valence-corrected chi connectivity index (χ2v) is 11.9. The van der Waals surface area contributed by atoms with Gasteiger partial charge in [-0.2, -0.15) is 0 Å². The minimum absolute atomic E-state index is 0.752. The summed E-state index contributed by atoms with van der Waals surface area (Å²) in [6.07, 6.45) is 7.82. The summed E-state index contributed by atoms with van der Waals surface area (Å²) in [6, 6.07) is 46.8. The molecule has 0 atom stereocenters. The SMILES string of the molecule is c1ccc(-c2ccc(-c3ccccc3)c3c2c2ccc(Oc4ccc5c6ccccc6n6ccnc6c5c4)cc2c2nccn23)cc1. The third-order valence-corrected chi connectivity index (χ3v) is 9.29. The van der Waals surface area contributed by atoms with Crippen molar-refractivity contribution in [3.05, 3.63) is 158 Å². The molecule has 4 aromatic heterocycles. The van der Waals surface area contributed by atoms with Crippen LogP contribution < -0.4 is 4.74 Å². The number of benzene rings is 6. The van der Waals surface area contributed by atoms with Crippen molar-refractivity contribution >= 4 is 54.6 Å². The number of imidazole rings is 2. The molecule has 10 aromatic rings. The predicted octanol–water partition coefficient (Wildman–Crippen LogP) is 10.7. The second-order valence-electron chi connectivity index (χ2n) is 11.9. The highest BCUT2D eigenvalue weighted by molar-refractivity contribution is 6.20. The lowest BCUT2D eigenvalue weighted by Crippen LogP contribution is -1.96. The summed E-state index contributed by atoms with van der Waals surface area (Å²) in [7, 11) is 0. The van der Waals surface area contributed by atoms with Gasteiger partial charge in [-0.1, -0.05) is 91.0 Å². The van der Waals surface area contributed by atoms with Gasteiger partial charge in [0.25, 0.3) is 0 Å². The van der Waals surface area contributed by atoms with E-state index in [4.69, 9.17) is 14.7 Å². The number of hydrogen-bond acceptors (Lipinski definition) is 3. The van der Waals surface area contributed by atoms with Crippen molar-refractivity contribution in [2.45, 2.75) is 0 Å². The van der Waals surface area contributed by atoms with Crippen LogP contribution in [0.25, 0.3) is 76.9 Å². The van der Waals surface area contributed by atoms with Crippen LogP contribution >= 0.6 is 0 Å². The molecule has 0 spiro atoms. The van der Waals surface area contributed by atoms with Gasteiger partial charge in [-0.25, -0.2) is 9.97 Å². The Morgan fingerprint density at radius 3 is 1.77 bits per heavy atom. The van der Waals surface area contributed by atoms with Gasteiger partial charge in [0.1, 0.15) is 22.8 Å². The Balaban J connectivity index is 1.19. The molecule has 0 aliphatic rings. The van der Waals surface area contributed by atoms with E-state index in [9.17, 15) is 0 Å². The Morgan fingerprint density at radius 2 is 1.02 bits per heavy atom. The average Bonchev–Trinajstić information content (AvgIpc) is 3.84. The molecule has 0 amide bonds. The van der Waals surface area contributed by atoms with E-state index < -0.39 is 0 Å². The average molecular weight is 603 g/mol. The summed E-state index contributed by atoms with van der Waals surface area (Å²) in [5, 5.41) is 6.73. The number of nitrogens with zero attached hydrogens (tertiary/aromatic N) is 4. The third kappa shape index (κ3) is 3.90. The maximum Gasteiger partial charge on any atom is 0.145 e. The highest BCUT2D eigenvalue weighted by atomic mass is 16.5. The first-order valence-corrected chi connectivity index (χ1v) is 15.7. The Bertz CT molecular complexity index is 2820. The van der Waals surface area contributed by atoms with Crippen molar-refractivity contribution in [1.29, 1.82) is 0 Å². The molecule has 0 radical (unpaired) electrons. The number of ether oxygens (including phenoxy) is 1. The van der Waals surface area contributed by atoms with E-state index >= 15 is 0 Å². The molecule has 0 aliphatic carbocycles. The van der Waals surface area contributed by atoms with Crippen molar-refractivity contribution in [3.8, 4) is 33.8 Å². The van der Waals surface area contributed by atoms with Gasteiger partial charge >= 0.3 is 0 Å². The molecule has 6 aromatic carbocycles. The fourth-order valence-corrected chi connectivity index (χ4v) is 7.25. The zero-order chi connectivity index (χ0) is 30.9. The maximum atomic E-state index is 6.60. The first kappa shape index (κ1) is 25.8. The van der Waals surface area contributed by atoms with Crippen LogP contribution in [0.1, 0.15) is 0 Å². The summed E-state index contributed by atoms with van der Waals surface area (Å²) in [5.41, 5.74) is 8.77. The van der Waals surface area contributed by atoms with E-state index in [0.29, 0.717) is 0 Å². The van der Waals surface area contributed by atoms with Crippen molar-refractivity contribution in [1.82, 2.24) is 18.8 Å². The molecule has 0 aliphatic heterocycles. The van der Waals surface area contributed by atoms with Crippen molar-refractivity contribution in [2.24, 2.45) is 0 Å². The van der Waals surface area contributed by atoms with Gasteiger partial charge in [-0.3, -0.25) is 8.80 Å². The molecule has 0 N–H and O–H groups in total. The lowest BCUT2D eigenvalue weighted by Gasteiger charge is -2.17. The van der Waals surface area contributed by atoms with Crippen LogP contribution in [-0.4, -0.2) is 18.8 Å². The molecular weight excluding hydrogens is 576 g/mol. The molecule has 10 rings (SSSR count). The number of hydrogen-bond donors (Lipinski definition) is 0. The molecule has 0 saturated heterocycles. The van der Waals surface area contributed by atoms with Crippen LogP contribution in [0.5, 0.6) is 11.5 Å². The molecule has 5 nitrogen and oxygen atoms in total. The largest absolute Gasteiger partial charge is 0.457 e. The standard InChI is InChI=1S/C42H26N4O/c1-3-9-27(10-4-1)31-19-20-32(28-11-5-2-6-12-28)40-39(31)35-18-16-30(26-37(35)42-44-22-24-46(40)42)47-29-15-17-33-34-13-7-8-14-38(34)45-23-21-43-41(45)36(33)25-29/h1-26H. The Morgan fingerprint density at radius 1 is 0.447 bits per heavy atom. The Labute approximate surface area is 269 Å². The molecule has 0 unspecified atom stereocenters. The van der Waals surface area contributed by atoms with Crippen LogP contribution in [-0.2, 0) is 0 Å². The van der Waals surface area contributed by atoms with Gasteiger partial charge in [-0.15, -0.1) is 0 Å². The highest BCUT2D eigenvalue weighted by Crippen LogP contribution is 2.42. The van der Waals surface area contributed by atoms with Crippen LogP contribution in [0, 0.1) is 0 Å². The number of aromatic nitrogens is 4. The highest BCUT2D eigenvalue weighted by Gasteiger charge is 2.19. The summed E-state index contributed by atoms with van der Waals surface area (Å²) in [5.74, 6) is 1.51. The zero-order valence-corrected chi connectivity index (χ0v) is 25.2. The normalized spacial score (nSPS) is 11.8. The molecular formula is C42H26N4O. The minimum Gasteiger partial charge on any atom is -0.457 e. The summed E-state index contributed by atoms with van der Waals surface area (Å²) in [6.45, 7) is 0. The minimum atomic E-state index is 0.752. The summed E-state index contributed by atoms with van der Waals surface area (Å²) in [4.78, 5) is 9.58. The molecule has 0 fully saturated rings. The summed E-state index contributed by atoms with van der Waals surface area (Å²) < 4.78 is 11.0. The molecule has 0 saturated carbocycles. The fraction of sp³-hybridized carbons (Fsp3) is 0. The third-order valence-electron chi connectivity index (χ3n) is 9.29. The lowest BCUT2D eigenvalue weighted by atomic mass is 9.91. The van der Waals surface area contributed by atoms with Crippen LogP contribution in [0.2, 0.25) is 0 Å². The van der Waals surface area contributed by atoms with Gasteiger partial charge in [0.15, 0.2) is 0 Å². The monoisotopic (exact) mass is 602 g/mol. The number of pyridine rings is 2. The van der Waals surface area contributed by atoms with Crippen molar-refractivity contribution < 1.29 is 4.74 Å². The zero-order valence-electron chi connectivity index (χ0n) is 25.2. The lowest BCUT2D eigenvalue weighted by molar-refractivity contribution is 0.484. The fourth-order valence-electron chi connectivity index (χ4n) is 7.25. The van der Waals surface area contributed by atoms with Gasteiger partial charge < -0.3 is 4.74 Å². The smallest absolute Gasteiger partial charge is 0.145 e. The first-order valence-electron chi connectivity index (χ1n) is 15.7. The summed E-state index contributed by atoms with van der Waals surface area (Å²) >= 11 is 0. The van der Waals surface area contributed by atoms with E-state index in [1.807, 2.05) is 24.7 Å². The van der Waals surface area contributed by atoms with E-state index in [2.05, 4.69) is 142 Å². The predicted molar refractivity (Wildman–Crippen MR) is 191 cm³/mol. The van der Waals surface area contributed by atoms with Gasteiger partial charge in [0, 0.05) is 51.9 Å². The van der Waals surface area contributed by atoms with Crippen molar-refractivity contribution in [3.63, 3.8) is 0 Å². The molecule has 5 heteroatoms. The van der Waals surface area contributed by atoms with Gasteiger partial charge in [0.2, 0.25) is 0 Å². The van der Waals surface area contributed by atoms with E-state index in [1.54, 1.807) is 0 Å². The van der Waals surface area contributed by atoms with Crippen LogP contribution in [0.4, 0.5) is 0 Å². The van der Waals surface area contributed by atoms with Gasteiger partial charge in [0.05, 0.1) is 11.0 Å². The van der Waals surface area contributed by atoms with Crippen LogP contribution in [0.3, 0.4) is 0 Å². The molecule has 47 heavy (non-hydrogen) atoms. The van der Waals surface area contributed by atoms with E-state index in [0.717, 1.165) is 55.4 Å². The number of fused-ring (bicyclic) bond motifs is 12. The van der Waals surface area contributed by atoms with Crippen molar-refractivity contribution in [2.75, 3.05) is 0 Å². The number of rotatable bonds is 4. The van der Waals surface area contributed by atoms with E-state index in [1.165, 1.54) is 33.0 Å². The second kappa shape index (κ2) is 10.0. The molecule has 0 bridgehead atoms. The molecule has 4 heterocycles. The number of para-hydroxylation sites is 1.